The molecular weight excluding hydrogens is 311 g/mol. The van der Waals surface area contributed by atoms with Gasteiger partial charge in [0, 0.05) is 17.1 Å². The van der Waals surface area contributed by atoms with Crippen molar-refractivity contribution in [3.8, 4) is 5.75 Å². The number of anilines is 1. The number of ether oxygens (including phenoxy) is 1. The fourth-order valence-corrected chi connectivity index (χ4v) is 2.82. The van der Waals surface area contributed by atoms with Crippen molar-refractivity contribution in [3.63, 3.8) is 0 Å². The van der Waals surface area contributed by atoms with Crippen molar-refractivity contribution in [1.29, 1.82) is 0 Å². The van der Waals surface area contributed by atoms with E-state index in [4.69, 9.17) is 11.3 Å². The zero-order chi connectivity index (χ0) is 17.8. The van der Waals surface area contributed by atoms with E-state index in [0.717, 1.165) is 33.3 Å². The molecule has 2 N–H and O–H groups in total. The van der Waals surface area contributed by atoms with Crippen molar-refractivity contribution in [1.82, 2.24) is 0 Å². The first-order chi connectivity index (χ1) is 12.1. The molecule has 5 heteroatoms. The summed E-state index contributed by atoms with van der Waals surface area (Å²) < 4.78 is 6.06. The third kappa shape index (κ3) is 3.76. The van der Waals surface area contributed by atoms with Gasteiger partial charge in [0.2, 0.25) is 0 Å². The van der Waals surface area contributed by atoms with Crippen molar-refractivity contribution in [2.24, 2.45) is 0 Å². The van der Waals surface area contributed by atoms with E-state index in [9.17, 15) is 5.02 Å². The normalized spacial score (nSPS) is 10.3. The van der Waals surface area contributed by atoms with E-state index in [1.807, 2.05) is 55.5 Å². The molecule has 0 saturated carbocycles. The summed E-state index contributed by atoms with van der Waals surface area (Å²) in [7, 11) is -0.679. The standard InChI is InChI=1S/C20H19BN2O2/c1-14-18-11-16(22-3)9-10-17(18)20(12-19(14)23-21(2)24)25-13-15-7-5-4-6-8-15/h4-12,23-24H,13H2,1-2H3. The molecule has 0 spiro atoms. The van der Waals surface area contributed by atoms with Gasteiger partial charge in [-0.1, -0.05) is 42.5 Å². The van der Waals surface area contributed by atoms with Crippen LogP contribution in [0.25, 0.3) is 15.6 Å². The van der Waals surface area contributed by atoms with Crippen LogP contribution in [0.15, 0.2) is 54.6 Å². The molecule has 0 fully saturated rings. The maximum Gasteiger partial charge on any atom is 0.406 e. The minimum absolute atomic E-state index is 0.456. The molecule has 0 heterocycles. The van der Waals surface area contributed by atoms with Crippen molar-refractivity contribution >= 4 is 29.2 Å². The number of hydrogen-bond acceptors (Lipinski definition) is 3. The molecular formula is C20H19BN2O2. The fraction of sp³-hybridized carbons (Fsp3) is 0.150. The van der Waals surface area contributed by atoms with Crippen molar-refractivity contribution < 1.29 is 9.76 Å². The van der Waals surface area contributed by atoms with Gasteiger partial charge in [-0.2, -0.15) is 0 Å². The summed E-state index contributed by atoms with van der Waals surface area (Å²) in [5, 5.41) is 14.6. The molecule has 4 nitrogen and oxygen atoms in total. The van der Waals surface area contributed by atoms with Gasteiger partial charge in [-0.3, -0.25) is 0 Å². The first kappa shape index (κ1) is 16.9. The molecule has 0 bridgehead atoms. The summed E-state index contributed by atoms with van der Waals surface area (Å²) >= 11 is 0. The van der Waals surface area contributed by atoms with Gasteiger partial charge in [-0.05, 0) is 36.3 Å². The van der Waals surface area contributed by atoms with Crippen LogP contribution in [0.3, 0.4) is 0 Å². The second kappa shape index (κ2) is 7.29. The van der Waals surface area contributed by atoms with Crippen LogP contribution in [-0.4, -0.2) is 12.1 Å². The Bertz CT molecular complexity index is 934. The topological polar surface area (TPSA) is 45.8 Å². The van der Waals surface area contributed by atoms with Crippen LogP contribution in [0.4, 0.5) is 11.4 Å². The van der Waals surface area contributed by atoms with Gasteiger partial charge >= 0.3 is 7.05 Å². The smallest absolute Gasteiger partial charge is 0.406 e. The molecule has 0 saturated heterocycles. The second-order valence-electron chi connectivity index (χ2n) is 5.98. The van der Waals surface area contributed by atoms with E-state index in [0.29, 0.717) is 12.3 Å². The second-order valence-corrected chi connectivity index (χ2v) is 5.98. The Hall–Kier alpha value is -2.97. The van der Waals surface area contributed by atoms with Gasteiger partial charge in [0.05, 0.1) is 6.57 Å². The largest absolute Gasteiger partial charge is 0.488 e. The van der Waals surface area contributed by atoms with Gasteiger partial charge in [-0.25, -0.2) is 4.85 Å². The van der Waals surface area contributed by atoms with Crippen LogP contribution in [0, 0.1) is 13.5 Å². The molecule has 3 rings (SSSR count). The molecule has 0 aliphatic carbocycles. The lowest BCUT2D eigenvalue weighted by molar-refractivity contribution is 0.310. The molecule has 0 atom stereocenters. The number of rotatable bonds is 5. The van der Waals surface area contributed by atoms with E-state index in [2.05, 4.69) is 10.1 Å². The Morgan fingerprint density at radius 3 is 2.56 bits per heavy atom. The van der Waals surface area contributed by atoms with Crippen LogP contribution in [0.5, 0.6) is 5.75 Å². The highest BCUT2D eigenvalue weighted by Crippen LogP contribution is 2.36. The fourth-order valence-electron chi connectivity index (χ4n) is 2.82. The lowest BCUT2D eigenvalue weighted by Crippen LogP contribution is -2.20. The SMILES string of the molecule is [C-]#[N+]c1ccc2c(OCc3ccccc3)cc(NB(C)O)c(C)c2c1. The number of aryl methyl sites for hydroxylation is 1. The number of nitrogens with zero attached hydrogens (tertiary/aromatic N) is 1. The van der Waals surface area contributed by atoms with Crippen molar-refractivity contribution in [3.05, 3.63) is 77.1 Å². The van der Waals surface area contributed by atoms with E-state index in [1.54, 1.807) is 12.9 Å². The molecule has 0 aliphatic heterocycles. The molecule has 3 aromatic carbocycles. The van der Waals surface area contributed by atoms with Gasteiger partial charge < -0.3 is 15.0 Å². The molecule has 0 aliphatic rings. The summed E-state index contributed by atoms with van der Waals surface area (Å²) in [5.41, 5.74) is 3.44. The average Bonchev–Trinajstić information content (AvgIpc) is 2.63. The Labute approximate surface area is 148 Å². The van der Waals surface area contributed by atoms with E-state index < -0.39 is 7.05 Å². The predicted molar refractivity (Wildman–Crippen MR) is 103 cm³/mol. The zero-order valence-electron chi connectivity index (χ0n) is 14.3. The maximum atomic E-state index is 9.70. The molecule has 124 valence electrons. The number of benzene rings is 3. The minimum atomic E-state index is -0.679. The third-order valence-corrected chi connectivity index (χ3v) is 4.08. The van der Waals surface area contributed by atoms with Gasteiger partial charge in [0.25, 0.3) is 0 Å². The summed E-state index contributed by atoms with van der Waals surface area (Å²) in [6, 6.07) is 17.5. The zero-order valence-corrected chi connectivity index (χ0v) is 14.3. The molecule has 0 radical (unpaired) electrons. The van der Waals surface area contributed by atoms with Gasteiger partial charge in [0.15, 0.2) is 5.69 Å². The van der Waals surface area contributed by atoms with Crippen molar-refractivity contribution in [2.45, 2.75) is 20.4 Å². The Kier molecular flexibility index (Phi) is 4.92. The summed E-state index contributed by atoms with van der Waals surface area (Å²) in [4.78, 5) is 3.52. The first-order valence-electron chi connectivity index (χ1n) is 8.14. The molecule has 0 unspecified atom stereocenters. The van der Waals surface area contributed by atoms with E-state index >= 15 is 0 Å². The van der Waals surface area contributed by atoms with E-state index in [-0.39, 0.29) is 0 Å². The summed E-state index contributed by atoms with van der Waals surface area (Å²) in [5.74, 6) is 0.726. The molecule has 3 aromatic rings. The van der Waals surface area contributed by atoms with Crippen LogP contribution in [0.1, 0.15) is 11.1 Å². The summed E-state index contributed by atoms with van der Waals surface area (Å²) in [6.07, 6.45) is 0. The third-order valence-electron chi connectivity index (χ3n) is 4.08. The van der Waals surface area contributed by atoms with Crippen LogP contribution in [0.2, 0.25) is 6.82 Å². The predicted octanol–water partition coefficient (Wildman–Crippen LogP) is 4.80. The first-order valence-corrected chi connectivity index (χ1v) is 8.14. The lowest BCUT2D eigenvalue weighted by atomic mass is 9.87. The quantitative estimate of drug-likeness (QED) is 0.522. The molecule has 0 aromatic heterocycles. The van der Waals surface area contributed by atoms with Crippen LogP contribution in [-0.2, 0) is 6.61 Å². The van der Waals surface area contributed by atoms with Crippen LogP contribution >= 0.6 is 0 Å². The lowest BCUT2D eigenvalue weighted by Gasteiger charge is -2.17. The molecule has 0 amide bonds. The Morgan fingerprint density at radius 2 is 1.88 bits per heavy atom. The number of fused-ring (bicyclic) bond motifs is 1. The highest BCUT2D eigenvalue weighted by molar-refractivity contribution is 6.53. The minimum Gasteiger partial charge on any atom is -0.488 e. The average molecular weight is 330 g/mol. The highest BCUT2D eigenvalue weighted by atomic mass is 16.5. The van der Waals surface area contributed by atoms with Crippen molar-refractivity contribution in [2.75, 3.05) is 5.23 Å². The highest BCUT2D eigenvalue weighted by Gasteiger charge is 2.13. The number of hydrogen-bond donors (Lipinski definition) is 2. The van der Waals surface area contributed by atoms with E-state index in [1.165, 1.54) is 0 Å². The van der Waals surface area contributed by atoms with Gasteiger partial charge in [0.1, 0.15) is 12.4 Å². The Morgan fingerprint density at radius 1 is 1.12 bits per heavy atom. The maximum absolute atomic E-state index is 9.70. The number of nitrogens with one attached hydrogen (secondary N) is 1. The Balaban J connectivity index is 2.06. The summed E-state index contributed by atoms with van der Waals surface area (Å²) in [6.45, 7) is 11.3. The van der Waals surface area contributed by atoms with Crippen LogP contribution < -0.4 is 9.96 Å². The molecule has 25 heavy (non-hydrogen) atoms. The van der Waals surface area contributed by atoms with Gasteiger partial charge in [-0.15, -0.1) is 0 Å². The monoisotopic (exact) mass is 330 g/mol.